The summed E-state index contributed by atoms with van der Waals surface area (Å²) in [4.78, 5) is 16.4. The number of thioether (sulfide) groups is 1. The maximum atomic E-state index is 12.2. The molecule has 7 nitrogen and oxygen atoms in total. The van der Waals surface area contributed by atoms with E-state index in [0.29, 0.717) is 24.6 Å². The molecule has 0 aliphatic carbocycles. The molecule has 0 saturated heterocycles. The molecule has 3 aromatic heterocycles. The van der Waals surface area contributed by atoms with Crippen molar-refractivity contribution in [1.82, 2.24) is 25.1 Å². The van der Waals surface area contributed by atoms with Crippen molar-refractivity contribution in [3.63, 3.8) is 0 Å². The second kappa shape index (κ2) is 10.8. The largest absolute Gasteiger partial charge is 0.461 e. The molecule has 0 aliphatic rings. The predicted octanol–water partition coefficient (Wildman–Crippen LogP) is 4.46. The number of hydrogen-bond acceptors (Lipinski definition) is 6. The van der Waals surface area contributed by atoms with Gasteiger partial charge in [0.1, 0.15) is 0 Å². The van der Waals surface area contributed by atoms with Gasteiger partial charge in [0, 0.05) is 37.0 Å². The summed E-state index contributed by atoms with van der Waals surface area (Å²) in [5.74, 6) is 2.15. The number of aromatic nitrogens is 4. The van der Waals surface area contributed by atoms with E-state index in [1.807, 2.05) is 53.1 Å². The Morgan fingerprint density at radius 2 is 1.97 bits per heavy atom. The van der Waals surface area contributed by atoms with Gasteiger partial charge in [-0.25, -0.2) is 0 Å². The lowest BCUT2D eigenvalue weighted by atomic mass is 10.2. The van der Waals surface area contributed by atoms with Crippen LogP contribution in [-0.2, 0) is 11.2 Å². The Balaban J connectivity index is 1.33. The molecule has 0 unspecified atom stereocenters. The number of nitrogens with one attached hydrogen (secondary N) is 1. The van der Waals surface area contributed by atoms with Gasteiger partial charge < -0.3 is 9.73 Å². The summed E-state index contributed by atoms with van der Waals surface area (Å²) in [5.41, 5.74) is 3.11. The molecule has 0 aliphatic heterocycles. The number of carbonyl (C=O) groups excluding carboxylic acids is 1. The second-order valence-electron chi connectivity index (χ2n) is 7.28. The number of benzene rings is 1. The Morgan fingerprint density at radius 3 is 2.75 bits per heavy atom. The molecule has 1 amide bonds. The lowest BCUT2D eigenvalue weighted by Crippen LogP contribution is -2.25. The van der Waals surface area contributed by atoms with Crippen LogP contribution in [0.4, 0.5) is 0 Å². The Labute approximate surface area is 191 Å². The number of aryl methyl sites for hydroxylation is 1. The van der Waals surface area contributed by atoms with Crippen LogP contribution < -0.4 is 5.32 Å². The molecule has 32 heavy (non-hydrogen) atoms. The highest BCUT2D eigenvalue weighted by Gasteiger charge is 2.19. The molecule has 0 saturated carbocycles. The molecule has 0 radical (unpaired) electrons. The van der Waals surface area contributed by atoms with Crippen LogP contribution in [0.1, 0.15) is 24.1 Å². The zero-order chi connectivity index (χ0) is 22.2. The predicted molar refractivity (Wildman–Crippen MR) is 125 cm³/mol. The number of para-hydroxylation sites is 1. The van der Waals surface area contributed by atoms with E-state index in [4.69, 9.17) is 4.42 Å². The smallest absolute Gasteiger partial charge is 0.220 e. The third kappa shape index (κ3) is 5.45. The zero-order valence-electron chi connectivity index (χ0n) is 17.9. The maximum Gasteiger partial charge on any atom is 0.220 e. The summed E-state index contributed by atoms with van der Waals surface area (Å²) in [6.07, 6.45) is 5.35. The second-order valence-corrected chi connectivity index (χ2v) is 8.34. The fourth-order valence-electron chi connectivity index (χ4n) is 3.32. The van der Waals surface area contributed by atoms with Crippen LogP contribution in [0.5, 0.6) is 0 Å². The van der Waals surface area contributed by atoms with E-state index >= 15 is 0 Å². The van der Waals surface area contributed by atoms with Crippen LogP contribution in [0, 0.1) is 6.92 Å². The minimum Gasteiger partial charge on any atom is -0.461 e. The Kier molecular flexibility index (Phi) is 7.34. The highest BCUT2D eigenvalue weighted by Crippen LogP contribution is 2.30. The molecule has 4 rings (SSSR count). The molecule has 8 heteroatoms. The van der Waals surface area contributed by atoms with Gasteiger partial charge in [-0.15, -0.1) is 10.2 Å². The maximum absolute atomic E-state index is 12.2. The first-order valence-electron chi connectivity index (χ1n) is 10.6. The van der Waals surface area contributed by atoms with Crippen molar-refractivity contribution < 1.29 is 9.21 Å². The van der Waals surface area contributed by atoms with E-state index in [-0.39, 0.29) is 5.91 Å². The first-order valence-corrected chi connectivity index (χ1v) is 11.6. The van der Waals surface area contributed by atoms with Crippen LogP contribution in [0.3, 0.4) is 0 Å². The Morgan fingerprint density at radius 1 is 1.09 bits per heavy atom. The quantitative estimate of drug-likeness (QED) is 0.285. The van der Waals surface area contributed by atoms with Crippen LogP contribution in [0.2, 0.25) is 0 Å². The number of rotatable bonds is 10. The third-order valence-corrected chi connectivity index (χ3v) is 5.96. The van der Waals surface area contributed by atoms with Crippen molar-refractivity contribution in [1.29, 1.82) is 0 Å². The van der Waals surface area contributed by atoms with Gasteiger partial charge in [0.15, 0.2) is 10.9 Å². The van der Waals surface area contributed by atoms with Gasteiger partial charge in [-0.3, -0.25) is 14.3 Å². The van der Waals surface area contributed by atoms with Crippen molar-refractivity contribution in [2.75, 3.05) is 12.3 Å². The molecular formula is C24H25N5O2S. The van der Waals surface area contributed by atoms with E-state index in [1.54, 1.807) is 24.2 Å². The minimum absolute atomic E-state index is 0.0539. The fourth-order valence-corrected chi connectivity index (χ4v) is 4.20. The van der Waals surface area contributed by atoms with Gasteiger partial charge in [0.2, 0.25) is 11.7 Å². The van der Waals surface area contributed by atoms with E-state index in [0.717, 1.165) is 40.7 Å². The van der Waals surface area contributed by atoms with Gasteiger partial charge in [0.25, 0.3) is 0 Å². The molecule has 164 valence electrons. The highest BCUT2D eigenvalue weighted by atomic mass is 32.2. The highest BCUT2D eigenvalue weighted by molar-refractivity contribution is 7.99. The molecule has 4 aromatic rings. The summed E-state index contributed by atoms with van der Waals surface area (Å²) in [6, 6.07) is 17.6. The molecular weight excluding hydrogens is 422 g/mol. The lowest BCUT2D eigenvalue weighted by Gasteiger charge is -2.11. The molecule has 3 heterocycles. The zero-order valence-corrected chi connectivity index (χ0v) is 18.7. The summed E-state index contributed by atoms with van der Waals surface area (Å²) in [7, 11) is 0. The van der Waals surface area contributed by atoms with Crippen molar-refractivity contribution in [3.05, 3.63) is 78.3 Å². The number of amides is 1. The standard InChI is InChI=1S/C24H25N5O2S/c1-18-8-2-3-10-20(18)29-23(21-11-6-16-31-21)27-28-24(29)32-17-7-12-22(30)26-15-13-19-9-4-5-14-25-19/h2-6,8-11,14,16H,7,12-13,15,17H2,1H3,(H,26,30). The number of furan rings is 1. The van der Waals surface area contributed by atoms with E-state index in [2.05, 4.69) is 33.5 Å². The van der Waals surface area contributed by atoms with E-state index < -0.39 is 0 Å². The topological polar surface area (TPSA) is 85.8 Å². The van der Waals surface area contributed by atoms with E-state index in [9.17, 15) is 4.79 Å². The lowest BCUT2D eigenvalue weighted by molar-refractivity contribution is -0.121. The molecule has 0 spiro atoms. The van der Waals surface area contributed by atoms with E-state index in [1.165, 1.54) is 0 Å². The molecule has 0 bridgehead atoms. The van der Waals surface area contributed by atoms with Gasteiger partial charge in [-0.1, -0.05) is 36.0 Å². The summed E-state index contributed by atoms with van der Waals surface area (Å²) >= 11 is 1.59. The minimum atomic E-state index is 0.0539. The number of hydrogen-bond donors (Lipinski definition) is 1. The van der Waals surface area contributed by atoms with Crippen molar-refractivity contribution in [3.8, 4) is 17.3 Å². The van der Waals surface area contributed by atoms with Crippen LogP contribution in [-0.4, -0.2) is 38.0 Å². The molecule has 1 N–H and O–H groups in total. The number of pyridine rings is 1. The molecule has 0 fully saturated rings. The average Bonchev–Trinajstić information content (AvgIpc) is 3.48. The number of nitrogens with zero attached hydrogens (tertiary/aromatic N) is 4. The monoisotopic (exact) mass is 447 g/mol. The van der Waals surface area contributed by atoms with Crippen molar-refractivity contribution in [2.45, 2.75) is 31.3 Å². The fraction of sp³-hybridized carbons (Fsp3) is 0.250. The van der Waals surface area contributed by atoms with Crippen molar-refractivity contribution in [2.24, 2.45) is 0 Å². The van der Waals surface area contributed by atoms with Crippen LogP contribution in [0.25, 0.3) is 17.3 Å². The van der Waals surface area contributed by atoms with Crippen molar-refractivity contribution >= 4 is 17.7 Å². The van der Waals surface area contributed by atoms with Crippen LogP contribution >= 0.6 is 11.8 Å². The van der Waals surface area contributed by atoms with Gasteiger partial charge in [0.05, 0.1) is 12.0 Å². The van der Waals surface area contributed by atoms with Gasteiger partial charge >= 0.3 is 0 Å². The first kappa shape index (κ1) is 21.8. The first-order chi connectivity index (χ1) is 15.7. The molecule has 0 atom stereocenters. The molecule has 1 aromatic carbocycles. The van der Waals surface area contributed by atoms with Gasteiger partial charge in [-0.05, 0) is 49.2 Å². The van der Waals surface area contributed by atoms with Crippen LogP contribution in [0.15, 0.2) is 76.6 Å². The summed E-state index contributed by atoms with van der Waals surface area (Å²) in [6.45, 7) is 2.65. The Bertz CT molecular complexity index is 1140. The SMILES string of the molecule is Cc1ccccc1-n1c(SCCCC(=O)NCCc2ccccn2)nnc1-c1ccco1. The summed E-state index contributed by atoms with van der Waals surface area (Å²) < 4.78 is 7.59. The third-order valence-electron chi connectivity index (χ3n) is 4.94. The number of carbonyl (C=O) groups is 1. The summed E-state index contributed by atoms with van der Waals surface area (Å²) in [5, 5.41) is 12.5. The average molecular weight is 448 g/mol. The Hall–Kier alpha value is -3.39. The normalized spacial score (nSPS) is 10.9. The van der Waals surface area contributed by atoms with Gasteiger partial charge in [-0.2, -0.15) is 0 Å².